The third kappa shape index (κ3) is 3.46. The number of amides is 1. The van der Waals surface area contributed by atoms with Crippen LogP contribution in [0.1, 0.15) is 0 Å². The number of nitrogens with zero attached hydrogens (tertiary/aromatic N) is 2. The van der Waals surface area contributed by atoms with Crippen LogP contribution in [0.15, 0.2) is 47.6 Å². The molecular formula is C12H12N4OS. The van der Waals surface area contributed by atoms with Gasteiger partial charge in [-0.2, -0.15) is 0 Å². The van der Waals surface area contributed by atoms with Gasteiger partial charge in [-0.05, 0) is 18.2 Å². The topological polar surface area (TPSA) is 80.9 Å². The molecule has 1 aromatic heterocycles. The van der Waals surface area contributed by atoms with Gasteiger partial charge in [0.05, 0.1) is 5.75 Å². The van der Waals surface area contributed by atoms with Crippen LogP contribution in [0.3, 0.4) is 0 Å². The van der Waals surface area contributed by atoms with E-state index in [1.54, 1.807) is 24.5 Å². The van der Waals surface area contributed by atoms with E-state index < -0.39 is 0 Å². The minimum absolute atomic E-state index is 0.158. The van der Waals surface area contributed by atoms with Crippen LogP contribution in [0.4, 0.5) is 11.6 Å². The van der Waals surface area contributed by atoms with Crippen LogP contribution < -0.4 is 11.1 Å². The van der Waals surface area contributed by atoms with Crippen molar-refractivity contribution in [2.75, 3.05) is 16.8 Å². The van der Waals surface area contributed by atoms with Crippen LogP contribution in [0.5, 0.6) is 0 Å². The molecule has 0 saturated carbocycles. The van der Waals surface area contributed by atoms with E-state index in [-0.39, 0.29) is 11.7 Å². The molecule has 0 aliphatic carbocycles. The average molecular weight is 260 g/mol. The molecule has 0 aliphatic rings. The highest BCUT2D eigenvalue weighted by molar-refractivity contribution is 8.00. The van der Waals surface area contributed by atoms with Crippen molar-refractivity contribution >= 4 is 29.3 Å². The van der Waals surface area contributed by atoms with E-state index >= 15 is 0 Å². The van der Waals surface area contributed by atoms with Gasteiger partial charge in [-0.25, -0.2) is 9.97 Å². The molecule has 0 unspecified atom stereocenters. The standard InChI is InChI=1S/C12H12N4OS/c13-9-4-1-2-5-10(9)18-8-11(17)16-12-14-6-3-7-15-12/h1-7H,8,13H2,(H,14,15,16,17). The summed E-state index contributed by atoms with van der Waals surface area (Å²) in [7, 11) is 0. The minimum Gasteiger partial charge on any atom is -0.398 e. The minimum atomic E-state index is -0.158. The van der Waals surface area contributed by atoms with Crippen LogP contribution in [0, 0.1) is 0 Å². The number of nitrogen functional groups attached to an aromatic ring is 1. The van der Waals surface area contributed by atoms with Crippen molar-refractivity contribution in [1.29, 1.82) is 0 Å². The maximum Gasteiger partial charge on any atom is 0.237 e. The lowest BCUT2D eigenvalue weighted by molar-refractivity contribution is -0.113. The Morgan fingerprint density at radius 3 is 2.67 bits per heavy atom. The van der Waals surface area contributed by atoms with Gasteiger partial charge in [-0.3, -0.25) is 10.1 Å². The number of nitrogens with one attached hydrogen (secondary N) is 1. The van der Waals surface area contributed by atoms with E-state index in [9.17, 15) is 4.79 Å². The summed E-state index contributed by atoms with van der Waals surface area (Å²) in [5.41, 5.74) is 6.45. The van der Waals surface area contributed by atoms with Crippen molar-refractivity contribution in [3.63, 3.8) is 0 Å². The number of nitrogens with two attached hydrogens (primary N) is 1. The Hall–Kier alpha value is -2.08. The predicted octanol–water partition coefficient (Wildman–Crippen LogP) is 1.79. The Kier molecular flexibility index (Phi) is 4.14. The van der Waals surface area contributed by atoms with E-state index in [1.807, 2.05) is 18.2 Å². The van der Waals surface area contributed by atoms with Gasteiger partial charge in [0.25, 0.3) is 0 Å². The number of carbonyl (C=O) groups is 1. The fourth-order valence-electron chi connectivity index (χ4n) is 1.28. The van der Waals surface area contributed by atoms with Crippen LogP contribution in [0.2, 0.25) is 0 Å². The molecule has 92 valence electrons. The van der Waals surface area contributed by atoms with Gasteiger partial charge >= 0.3 is 0 Å². The van der Waals surface area contributed by atoms with E-state index in [4.69, 9.17) is 5.73 Å². The molecule has 1 aromatic carbocycles. The number of carbonyl (C=O) groups excluding carboxylic acids is 1. The maximum absolute atomic E-state index is 11.6. The smallest absolute Gasteiger partial charge is 0.237 e. The summed E-state index contributed by atoms with van der Waals surface area (Å²) >= 11 is 1.38. The quantitative estimate of drug-likeness (QED) is 0.647. The zero-order chi connectivity index (χ0) is 12.8. The van der Waals surface area contributed by atoms with E-state index in [0.717, 1.165) is 4.90 Å². The van der Waals surface area contributed by atoms with E-state index in [1.165, 1.54) is 11.8 Å². The Bertz CT molecular complexity index is 533. The van der Waals surface area contributed by atoms with Gasteiger partial charge in [-0.15, -0.1) is 11.8 Å². The molecule has 0 atom stereocenters. The lowest BCUT2D eigenvalue weighted by Crippen LogP contribution is -2.15. The third-order valence-electron chi connectivity index (χ3n) is 2.09. The number of rotatable bonds is 4. The molecule has 0 saturated heterocycles. The zero-order valence-electron chi connectivity index (χ0n) is 9.54. The number of aromatic nitrogens is 2. The number of hydrogen-bond donors (Lipinski definition) is 2. The van der Waals surface area contributed by atoms with Crippen LogP contribution in [-0.4, -0.2) is 21.6 Å². The molecule has 0 radical (unpaired) electrons. The van der Waals surface area contributed by atoms with Crippen LogP contribution in [-0.2, 0) is 4.79 Å². The molecule has 1 heterocycles. The van der Waals surface area contributed by atoms with Crippen LogP contribution in [0.25, 0.3) is 0 Å². The molecule has 6 heteroatoms. The summed E-state index contributed by atoms with van der Waals surface area (Å²) in [5, 5.41) is 2.61. The Morgan fingerprint density at radius 1 is 1.22 bits per heavy atom. The lowest BCUT2D eigenvalue weighted by Gasteiger charge is -2.05. The normalized spacial score (nSPS) is 10.0. The monoisotopic (exact) mass is 260 g/mol. The van der Waals surface area contributed by atoms with Crippen molar-refractivity contribution in [1.82, 2.24) is 9.97 Å². The van der Waals surface area contributed by atoms with Gasteiger partial charge in [0.1, 0.15) is 0 Å². The molecule has 18 heavy (non-hydrogen) atoms. The van der Waals surface area contributed by atoms with Crippen molar-refractivity contribution < 1.29 is 4.79 Å². The molecule has 3 N–H and O–H groups in total. The second-order valence-corrected chi connectivity index (χ2v) is 4.46. The second-order valence-electron chi connectivity index (χ2n) is 3.45. The van der Waals surface area contributed by atoms with E-state index in [2.05, 4.69) is 15.3 Å². The Morgan fingerprint density at radius 2 is 1.94 bits per heavy atom. The summed E-state index contributed by atoms with van der Waals surface area (Å²) in [6, 6.07) is 9.12. The summed E-state index contributed by atoms with van der Waals surface area (Å²) in [6.07, 6.45) is 3.15. The molecule has 0 aliphatic heterocycles. The molecule has 0 fully saturated rings. The van der Waals surface area contributed by atoms with Gasteiger partial charge in [0.15, 0.2) is 0 Å². The fraction of sp³-hybridized carbons (Fsp3) is 0.0833. The molecule has 0 bridgehead atoms. The maximum atomic E-state index is 11.6. The van der Waals surface area contributed by atoms with Gasteiger partial charge in [0, 0.05) is 23.0 Å². The Balaban J connectivity index is 1.88. The molecular weight excluding hydrogens is 248 g/mol. The summed E-state index contributed by atoms with van der Waals surface area (Å²) < 4.78 is 0. The van der Waals surface area contributed by atoms with Crippen molar-refractivity contribution in [3.8, 4) is 0 Å². The predicted molar refractivity (Wildman–Crippen MR) is 72.2 cm³/mol. The third-order valence-corrected chi connectivity index (χ3v) is 3.18. The fourth-order valence-corrected chi connectivity index (χ4v) is 2.05. The van der Waals surface area contributed by atoms with Gasteiger partial charge in [-0.1, -0.05) is 12.1 Å². The SMILES string of the molecule is Nc1ccccc1SCC(=O)Nc1ncccn1. The largest absolute Gasteiger partial charge is 0.398 e. The van der Waals surface area contributed by atoms with Gasteiger partial charge in [0.2, 0.25) is 11.9 Å². The van der Waals surface area contributed by atoms with Gasteiger partial charge < -0.3 is 5.73 Å². The molecule has 2 rings (SSSR count). The lowest BCUT2D eigenvalue weighted by atomic mass is 10.3. The van der Waals surface area contributed by atoms with Crippen LogP contribution >= 0.6 is 11.8 Å². The Labute approximate surface area is 109 Å². The highest BCUT2D eigenvalue weighted by atomic mass is 32.2. The first-order valence-corrected chi connectivity index (χ1v) is 6.28. The zero-order valence-corrected chi connectivity index (χ0v) is 10.4. The van der Waals surface area contributed by atoms with E-state index in [0.29, 0.717) is 11.6 Å². The first kappa shape index (κ1) is 12.4. The number of para-hydroxylation sites is 1. The number of anilines is 2. The molecule has 2 aromatic rings. The molecule has 0 spiro atoms. The first-order chi connectivity index (χ1) is 8.75. The molecule has 1 amide bonds. The number of thioether (sulfide) groups is 1. The summed E-state index contributed by atoms with van der Waals surface area (Å²) in [5.74, 6) is 0.422. The second kappa shape index (κ2) is 6.02. The molecule has 5 nitrogen and oxygen atoms in total. The first-order valence-electron chi connectivity index (χ1n) is 5.30. The highest BCUT2D eigenvalue weighted by Crippen LogP contribution is 2.24. The number of hydrogen-bond acceptors (Lipinski definition) is 5. The van der Waals surface area contributed by atoms with Crippen molar-refractivity contribution in [2.45, 2.75) is 4.90 Å². The van der Waals surface area contributed by atoms with Crippen molar-refractivity contribution in [2.24, 2.45) is 0 Å². The van der Waals surface area contributed by atoms with Crippen molar-refractivity contribution in [3.05, 3.63) is 42.7 Å². The number of benzene rings is 1. The summed E-state index contributed by atoms with van der Waals surface area (Å²) in [6.45, 7) is 0. The average Bonchev–Trinajstić information content (AvgIpc) is 2.39. The summed E-state index contributed by atoms with van der Waals surface area (Å²) in [4.78, 5) is 20.4. The highest BCUT2D eigenvalue weighted by Gasteiger charge is 2.06.